The average Bonchev–Trinajstić information content (AvgIpc) is 1.89. The first-order chi connectivity index (χ1) is 4.34. The highest BCUT2D eigenvalue weighted by Gasteiger charge is 1.94. The highest BCUT2D eigenvalue weighted by molar-refractivity contribution is 9.10. The average molecular weight is 187 g/mol. The summed E-state index contributed by atoms with van der Waals surface area (Å²) in [4.78, 5) is 0. The lowest BCUT2D eigenvalue weighted by Gasteiger charge is -1.94. The van der Waals surface area contributed by atoms with Crippen LogP contribution in [0.25, 0.3) is 0 Å². The Morgan fingerprint density at radius 2 is 2.44 bits per heavy atom. The SMILES string of the molecule is CCc1nnccc1Br. The zero-order valence-corrected chi connectivity index (χ0v) is 6.72. The number of aryl methyl sites for hydroxylation is 1. The summed E-state index contributed by atoms with van der Waals surface area (Å²) in [7, 11) is 0. The minimum Gasteiger partial charge on any atom is -0.159 e. The second-order valence-corrected chi connectivity index (χ2v) is 2.53. The molecular weight excluding hydrogens is 180 g/mol. The molecule has 1 heterocycles. The van der Waals surface area contributed by atoms with Crippen molar-refractivity contribution in [3.8, 4) is 0 Å². The molecule has 0 bridgehead atoms. The standard InChI is InChI=1S/C6H7BrN2/c1-2-6-5(7)3-4-8-9-6/h3-4H,2H2,1H3. The molecule has 0 aliphatic carbocycles. The summed E-state index contributed by atoms with van der Waals surface area (Å²) in [5.41, 5.74) is 1.01. The summed E-state index contributed by atoms with van der Waals surface area (Å²) in [6, 6.07) is 1.89. The van der Waals surface area contributed by atoms with E-state index in [1.54, 1.807) is 6.20 Å². The molecule has 1 rings (SSSR count). The van der Waals surface area contributed by atoms with Gasteiger partial charge in [-0.25, -0.2) is 0 Å². The summed E-state index contributed by atoms with van der Waals surface area (Å²) in [5.74, 6) is 0. The largest absolute Gasteiger partial charge is 0.159 e. The third kappa shape index (κ3) is 1.48. The van der Waals surface area contributed by atoms with Gasteiger partial charge in [-0.15, -0.1) is 0 Å². The van der Waals surface area contributed by atoms with Crippen LogP contribution < -0.4 is 0 Å². The maximum absolute atomic E-state index is 3.90. The minimum absolute atomic E-state index is 0.925. The quantitative estimate of drug-likeness (QED) is 0.669. The molecule has 0 aliphatic heterocycles. The summed E-state index contributed by atoms with van der Waals surface area (Å²) >= 11 is 3.35. The van der Waals surface area contributed by atoms with Crippen LogP contribution in [0, 0.1) is 0 Å². The van der Waals surface area contributed by atoms with Crippen molar-refractivity contribution >= 4 is 15.9 Å². The summed E-state index contributed by atoms with van der Waals surface area (Å²) in [6.45, 7) is 2.05. The van der Waals surface area contributed by atoms with Crippen LogP contribution in [0.2, 0.25) is 0 Å². The predicted molar refractivity (Wildman–Crippen MR) is 39.1 cm³/mol. The summed E-state index contributed by atoms with van der Waals surface area (Å²) in [5, 5.41) is 7.64. The Hall–Kier alpha value is -0.440. The topological polar surface area (TPSA) is 25.8 Å². The van der Waals surface area contributed by atoms with Gasteiger partial charge < -0.3 is 0 Å². The van der Waals surface area contributed by atoms with E-state index in [9.17, 15) is 0 Å². The van der Waals surface area contributed by atoms with Gasteiger partial charge in [-0.2, -0.15) is 10.2 Å². The summed E-state index contributed by atoms with van der Waals surface area (Å²) < 4.78 is 1.04. The van der Waals surface area contributed by atoms with Crippen molar-refractivity contribution in [3.05, 3.63) is 22.4 Å². The van der Waals surface area contributed by atoms with E-state index >= 15 is 0 Å². The van der Waals surface area contributed by atoms with Crippen LogP contribution in [-0.4, -0.2) is 10.2 Å². The van der Waals surface area contributed by atoms with Gasteiger partial charge in [0.15, 0.2) is 0 Å². The van der Waals surface area contributed by atoms with Crippen molar-refractivity contribution in [3.63, 3.8) is 0 Å². The second kappa shape index (κ2) is 2.92. The van der Waals surface area contributed by atoms with Crippen LogP contribution >= 0.6 is 15.9 Å². The molecule has 9 heavy (non-hydrogen) atoms. The Morgan fingerprint density at radius 1 is 1.67 bits per heavy atom. The van der Waals surface area contributed by atoms with Crippen LogP contribution in [0.15, 0.2) is 16.7 Å². The monoisotopic (exact) mass is 186 g/mol. The summed E-state index contributed by atoms with van der Waals surface area (Å²) in [6.07, 6.45) is 2.59. The van der Waals surface area contributed by atoms with E-state index in [1.807, 2.05) is 6.07 Å². The third-order valence-electron chi connectivity index (χ3n) is 1.08. The fraction of sp³-hybridized carbons (Fsp3) is 0.333. The van der Waals surface area contributed by atoms with Gasteiger partial charge in [-0.1, -0.05) is 6.92 Å². The van der Waals surface area contributed by atoms with Crippen molar-refractivity contribution < 1.29 is 0 Å². The number of aromatic nitrogens is 2. The van der Waals surface area contributed by atoms with Gasteiger partial charge in [0.25, 0.3) is 0 Å². The molecule has 0 radical (unpaired) electrons. The highest BCUT2D eigenvalue weighted by Crippen LogP contribution is 2.11. The zero-order valence-electron chi connectivity index (χ0n) is 5.13. The molecule has 3 heteroatoms. The smallest absolute Gasteiger partial charge is 0.0770 e. The van der Waals surface area contributed by atoms with Crippen molar-refractivity contribution in [1.82, 2.24) is 10.2 Å². The Bertz CT molecular complexity index is 200. The van der Waals surface area contributed by atoms with Crippen molar-refractivity contribution in [2.24, 2.45) is 0 Å². The van der Waals surface area contributed by atoms with Gasteiger partial charge in [-0.3, -0.25) is 0 Å². The molecule has 0 atom stereocenters. The van der Waals surface area contributed by atoms with Gasteiger partial charge in [0.1, 0.15) is 0 Å². The van der Waals surface area contributed by atoms with Gasteiger partial charge in [0, 0.05) is 4.47 Å². The predicted octanol–water partition coefficient (Wildman–Crippen LogP) is 1.80. The van der Waals surface area contributed by atoms with Crippen LogP contribution in [0.5, 0.6) is 0 Å². The number of halogens is 1. The number of nitrogens with zero attached hydrogens (tertiary/aromatic N) is 2. The van der Waals surface area contributed by atoms with Gasteiger partial charge in [-0.05, 0) is 28.4 Å². The number of hydrogen-bond acceptors (Lipinski definition) is 2. The Labute approximate surface area is 62.4 Å². The van der Waals surface area contributed by atoms with E-state index < -0.39 is 0 Å². The molecule has 0 unspecified atom stereocenters. The third-order valence-corrected chi connectivity index (χ3v) is 1.80. The zero-order chi connectivity index (χ0) is 6.69. The molecule has 0 amide bonds. The fourth-order valence-corrected chi connectivity index (χ4v) is 1.06. The van der Waals surface area contributed by atoms with Gasteiger partial charge in [0.2, 0.25) is 0 Å². The molecule has 48 valence electrons. The second-order valence-electron chi connectivity index (χ2n) is 1.68. The lowest BCUT2D eigenvalue weighted by molar-refractivity contribution is 0.909. The van der Waals surface area contributed by atoms with Crippen molar-refractivity contribution in [1.29, 1.82) is 0 Å². The lowest BCUT2D eigenvalue weighted by atomic mass is 10.3. The highest BCUT2D eigenvalue weighted by atomic mass is 79.9. The first-order valence-electron chi connectivity index (χ1n) is 2.80. The van der Waals surface area contributed by atoms with Gasteiger partial charge >= 0.3 is 0 Å². The van der Waals surface area contributed by atoms with Crippen LogP contribution in [-0.2, 0) is 6.42 Å². The van der Waals surface area contributed by atoms with E-state index in [0.29, 0.717) is 0 Å². The first-order valence-corrected chi connectivity index (χ1v) is 3.60. The van der Waals surface area contributed by atoms with Crippen LogP contribution in [0.3, 0.4) is 0 Å². The molecule has 0 spiro atoms. The molecule has 1 aromatic heterocycles. The van der Waals surface area contributed by atoms with Crippen LogP contribution in [0.4, 0.5) is 0 Å². The fourth-order valence-electron chi connectivity index (χ4n) is 0.585. The first kappa shape index (κ1) is 6.68. The molecule has 1 aromatic rings. The number of rotatable bonds is 1. The van der Waals surface area contributed by atoms with E-state index in [1.165, 1.54) is 0 Å². The van der Waals surface area contributed by atoms with Crippen molar-refractivity contribution in [2.45, 2.75) is 13.3 Å². The van der Waals surface area contributed by atoms with E-state index in [-0.39, 0.29) is 0 Å². The Kier molecular flexibility index (Phi) is 2.16. The maximum atomic E-state index is 3.90. The van der Waals surface area contributed by atoms with Crippen molar-refractivity contribution in [2.75, 3.05) is 0 Å². The van der Waals surface area contributed by atoms with E-state index in [0.717, 1.165) is 16.6 Å². The molecular formula is C6H7BrN2. The molecule has 0 fully saturated rings. The van der Waals surface area contributed by atoms with Gasteiger partial charge in [0.05, 0.1) is 11.9 Å². The lowest BCUT2D eigenvalue weighted by Crippen LogP contribution is -1.89. The minimum atomic E-state index is 0.925. The Balaban J connectivity index is 3.01. The van der Waals surface area contributed by atoms with E-state index in [2.05, 4.69) is 33.1 Å². The molecule has 0 saturated carbocycles. The molecule has 0 saturated heterocycles. The van der Waals surface area contributed by atoms with Crippen LogP contribution in [0.1, 0.15) is 12.6 Å². The molecule has 0 aromatic carbocycles. The molecule has 0 N–H and O–H groups in total. The Morgan fingerprint density at radius 3 is 2.89 bits per heavy atom. The van der Waals surface area contributed by atoms with E-state index in [4.69, 9.17) is 0 Å². The molecule has 0 aliphatic rings. The normalized spacial score (nSPS) is 9.56. The molecule has 2 nitrogen and oxygen atoms in total. The maximum Gasteiger partial charge on any atom is 0.0770 e. The number of hydrogen-bond donors (Lipinski definition) is 0.